The molecule has 0 rings (SSSR count). The van der Waals surface area contributed by atoms with Crippen LogP contribution in [0.5, 0.6) is 0 Å². The van der Waals surface area contributed by atoms with E-state index in [9.17, 15) is 14.2 Å². The van der Waals surface area contributed by atoms with Crippen molar-refractivity contribution in [1.82, 2.24) is 0 Å². The number of esters is 1. The molecule has 0 bridgehead atoms. The number of hydrogen-bond donors (Lipinski definition) is 3. The number of unbranched alkanes of at least 4 members (excludes halogenated alkanes) is 1. The van der Waals surface area contributed by atoms with Crippen molar-refractivity contribution in [3.63, 3.8) is 0 Å². The van der Waals surface area contributed by atoms with E-state index >= 15 is 0 Å². The van der Waals surface area contributed by atoms with Crippen LogP contribution in [0.1, 0.15) is 26.2 Å². The van der Waals surface area contributed by atoms with Crippen molar-refractivity contribution in [2.45, 2.75) is 32.3 Å². The predicted octanol–water partition coefficient (Wildman–Crippen LogP) is 1.15. The third-order valence-corrected chi connectivity index (χ3v) is 3.35. The predicted molar refractivity (Wildman–Crippen MR) is 67.6 cm³/mol. The summed E-state index contributed by atoms with van der Waals surface area (Å²) in [6.45, 7) is 5.06. The number of aliphatic carboxylic acids is 1. The highest BCUT2D eigenvalue weighted by Gasteiger charge is 2.36. The van der Waals surface area contributed by atoms with E-state index in [1.54, 1.807) is 0 Å². The zero-order valence-electron chi connectivity index (χ0n) is 10.7. The highest BCUT2D eigenvalue weighted by atomic mass is 31.2. The summed E-state index contributed by atoms with van der Waals surface area (Å²) < 4.78 is 15.8. The van der Waals surface area contributed by atoms with Gasteiger partial charge in [0.15, 0.2) is 0 Å². The van der Waals surface area contributed by atoms with Crippen molar-refractivity contribution in [1.29, 1.82) is 0 Å². The average molecular weight is 294 g/mol. The number of hydrogen-bond acceptors (Lipinski definition) is 4. The molecular formula is C11H19O7P. The summed E-state index contributed by atoms with van der Waals surface area (Å²) in [4.78, 5) is 40.0. The maximum absolute atomic E-state index is 11.2. The molecule has 0 aliphatic heterocycles. The van der Waals surface area contributed by atoms with Gasteiger partial charge in [-0.2, -0.15) is 0 Å². The van der Waals surface area contributed by atoms with E-state index in [4.69, 9.17) is 19.6 Å². The van der Waals surface area contributed by atoms with Crippen LogP contribution in [0, 0.1) is 5.92 Å². The molecule has 0 fully saturated rings. The Balaban J connectivity index is 5.00. The minimum atomic E-state index is -4.51. The SMILES string of the molecule is C=CC(=O)OC(CCCC)C(CP(=O)(O)O)C(=O)O. The first-order valence-corrected chi connectivity index (χ1v) is 7.61. The first-order valence-electron chi connectivity index (χ1n) is 5.81. The summed E-state index contributed by atoms with van der Waals surface area (Å²) in [5.41, 5.74) is 0. The van der Waals surface area contributed by atoms with E-state index < -0.39 is 37.7 Å². The van der Waals surface area contributed by atoms with Crippen molar-refractivity contribution in [2.75, 3.05) is 6.16 Å². The van der Waals surface area contributed by atoms with E-state index in [0.717, 1.165) is 12.5 Å². The Hall–Kier alpha value is -1.17. The highest BCUT2D eigenvalue weighted by Crippen LogP contribution is 2.39. The molecule has 0 spiro atoms. The molecule has 0 aromatic heterocycles. The van der Waals surface area contributed by atoms with Crippen LogP contribution in [-0.4, -0.2) is 39.1 Å². The lowest BCUT2D eigenvalue weighted by molar-refractivity contribution is -0.154. The minimum absolute atomic E-state index is 0.229. The fourth-order valence-electron chi connectivity index (χ4n) is 1.56. The van der Waals surface area contributed by atoms with Crippen LogP contribution in [0.15, 0.2) is 12.7 Å². The fraction of sp³-hybridized carbons (Fsp3) is 0.636. The molecule has 0 amide bonds. The van der Waals surface area contributed by atoms with Crippen molar-refractivity contribution in [3.8, 4) is 0 Å². The Labute approximate surface area is 111 Å². The van der Waals surface area contributed by atoms with Crippen molar-refractivity contribution < 1.29 is 33.8 Å². The lowest BCUT2D eigenvalue weighted by atomic mass is 9.99. The lowest BCUT2D eigenvalue weighted by Gasteiger charge is -2.23. The van der Waals surface area contributed by atoms with Gasteiger partial charge >= 0.3 is 19.5 Å². The van der Waals surface area contributed by atoms with Gasteiger partial charge in [0.1, 0.15) is 12.0 Å². The van der Waals surface area contributed by atoms with Crippen LogP contribution in [-0.2, 0) is 18.9 Å². The number of carbonyl (C=O) groups is 2. The third kappa shape index (κ3) is 7.77. The summed E-state index contributed by atoms with van der Waals surface area (Å²) in [6, 6.07) is 0. The molecule has 0 aliphatic rings. The van der Waals surface area contributed by atoms with Gasteiger partial charge in [0.2, 0.25) is 0 Å². The number of carbonyl (C=O) groups excluding carboxylic acids is 1. The van der Waals surface area contributed by atoms with Crippen molar-refractivity contribution in [3.05, 3.63) is 12.7 Å². The fourth-order valence-corrected chi connectivity index (χ4v) is 2.46. The number of carboxylic acids is 1. The topological polar surface area (TPSA) is 121 Å². The Morgan fingerprint density at radius 2 is 2.00 bits per heavy atom. The van der Waals surface area contributed by atoms with Crippen LogP contribution in [0.2, 0.25) is 0 Å². The second-order valence-corrected chi connectivity index (χ2v) is 5.81. The van der Waals surface area contributed by atoms with Gasteiger partial charge < -0.3 is 19.6 Å². The zero-order valence-corrected chi connectivity index (χ0v) is 11.6. The summed E-state index contributed by atoms with van der Waals surface area (Å²) in [7, 11) is -4.51. The molecule has 0 aliphatic carbocycles. The quantitative estimate of drug-likeness (QED) is 0.331. The Kier molecular flexibility index (Phi) is 7.59. The van der Waals surface area contributed by atoms with E-state index in [-0.39, 0.29) is 6.42 Å². The summed E-state index contributed by atoms with van der Waals surface area (Å²) in [6.07, 6.45) is 0.504. The molecule has 0 aromatic rings. The molecule has 0 saturated carbocycles. The van der Waals surface area contributed by atoms with Crippen LogP contribution in [0.4, 0.5) is 0 Å². The van der Waals surface area contributed by atoms with E-state index in [2.05, 4.69) is 6.58 Å². The molecule has 0 heterocycles. The smallest absolute Gasteiger partial charge is 0.330 e. The maximum Gasteiger partial charge on any atom is 0.330 e. The van der Waals surface area contributed by atoms with Gasteiger partial charge in [-0.15, -0.1) is 0 Å². The Morgan fingerprint density at radius 1 is 1.42 bits per heavy atom. The molecule has 19 heavy (non-hydrogen) atoms. The van der Waals surface area contributed by atoms with Gasteiger partial charge in [0, 0.05) is 6.08 Å². The maximum atomic E-state index is 11.2. The normalized spacial score (nSPS) is 14.5. The van der Waals surface area contributed by atoms with E-state index in [1.165, 1.54) is 0 Å². The summed E-state index contributed by atoms with van der Waals surface area (Å²) in [5, 5.41) is 9.03. The number of carboxylic acid groups (broad SMARTS) is 1. The van der Waals surface area contributed by atoms with Gasteiger partial charge in [-0.1, -0.05) is 26.3 Å². The van der Waals surface area contributed by atoms with Crippen LogP contribution < -0.4 is 0 Å². The van der Waals surface area contributed by atoms with Crippen LogP contribution in [0.3, 0.4) is 0 Å². The molecule has 110 valence electrons. The molecular weight excluding hydrogens is 275 g/mol. The summed E-state index contributed by atoms with van der Waals surface area (Å²) >= 11 is 0. The molecule has 0 saturated heterocycles. The highest BCUT2D eigenvalue weighted by molar-refractivity contribution is 7.51. The van der Waals surface area contributed by atoms with Crippen molar-refractivity contribution >= 4 is 19.5 Å². The van der Waals surface area contributed by atoms with Crippen LogP contribution >= 0.6 is 7.60 Å². The molecule has 2 atom stereocenters. The van der Waals surface area contributed by atoms with Gasteiger partial charge in [0.25, 0.3) is 0 Å². The second kappa shape index (κ2) is 8.09. The van der Waals surface area contributed by atoms with Gasteiger partial charge in [-0.25, -0.2) is 4.79 Å². The van der Waals surface area contributed by atoms with Gasteiger partial charge in [-0.3, -0.25) is 9.36 Å². The van der Waals surface area contributed by atoms with Crippen LogP contribution in [0.25, 0.3) is 0 Å². The number of rotatable bonds is 9. The first-order chi connectivity index (χ1) is 8.71. The monoisotopic (exact) mass is 294 g/mol. The molecule has 2 unspecified atom stereocenters. The molecule has 0 aromatic carbocycles. The van der Waals surface area contributed by atoms with Gasteiger partial charge in [0.05, 0.1) is 6.16 Å². The zero-order chi connectivity index (χ0) is 15.1. The Morgan fingerprint density at radius 3 is 2.37 bits per heavy atom. The molecule has 7 nitrogen and oxygen atoms in total. The van der Waals surface area contributed by atoms with Gasteiger partial charge in [-0.05, 0) is 6.42 Å². The first kappa shape index (κ1) is 17.8. The van der Waals surface area contributed by atoms with E-state index in [0.29, 0.717) is 6.42 Å². The van der Waals surface area contributed by atoms with Crippen molar-refractivity contribution in [2.24, 2.45) is 5.92 Å². The molecule has 0 radical (unpaired) electrons. The Bertz CT molecular complexity index is 373. The second-order valence-electron chi connectivity index (χ2n) is 4.11. The van der Waals surface area contributed by atoms with E-state index in [1.807, 2.05) is 6.92 Å². The molecule has 8 heteroatoms. The molecule has 3 N–H and O–H groups in total. The largest absolute Gasteiger partial charge is 0.481 e. The summed E-state index contributed by atoms with van der Waals surface area (Å²) in [5.74, 6) is -3.64. The minimum Gasteiger partial charge on any atom is -0.481 e. The standard InChI is InChI=1S/C11H19O7P/c1-3-5-6-9(18-10(12)4-2)8(11(13)14)7-19(15,16)17/h4,8-9H,2-3,5-7H2,1H3,(H,13,14)(H2,15,16,17). The third-order valence-electron chi connectivity index (χ3n) is 2.48. The number of ether oxygens (including phenoxy) is 1. The lowest BCUT2D eigenvalue weighted by Crippen LogP contribution is -2.34. The average Bonchev–Trinajstić information content (AvgIpc) is 2.29.